The van der Waals surface area contributed by atoms with Crippen LogP contribution in [0.2, 0.25) is 0 Å². The minimum atomic E-state index is -0.867. The molecule has 2 amide bonds. The van der Waals surface area contributed by atoms with E-state index < -0.39 is 6.10 Å². The van der Waals surface area contributed by atoms with Crippen LogP contribution < -0.4 is 15.4 Å². The molecule has 0 bridgehead atoms. The van der Waals surface area contributed by atoms with E-state index >= 15 is 0 Å². The van der Waals surface area contributed by atoms with Gasteiger partial charge in [-0.1, -0.05) is 30.3 Å². The van der Waals surface area contributed by atoms with E-state index in [2.05, 4.69) is 10.6 Å². The highest BCUT2D eigenvalue weighted by atomic mass is 19.1. The fraction of sp³-hybridized carbons (Fsp3) is 0.222. The molecule has 0 saturated carbocycles. The van der Waals surface area contributed by atoms with E-state index in [1.807, 2.05) is 0 Å². The van der Waals surface area contributed by atoms with Gasteiger partial charge < -0.3 is 15.4 Å². The van der Waals surface area contributed by atoms with E-state index in [4.69, 9.17) is 4.74 Å². The second-order valence-corrected chi connectivity index (χ2v) is 5.49. The molecule has 1 aliphatic rings. The Morgan fingerprint density at radius 2 is 1.92 bits per heavy atom. The van der Waals surface area contributed by atoms with Gasteiger partial charge in [-0.2, -0.15) is 0 Å². The van der Waals surface area contributed by atoms with Crippen molar-refractivity contribution >= 4 is 17.5 Å². The Balaban J connectivity index is 1.50. The van der Waals surface area contributed by atoms with Crippen molar-refractivity contribution in [2.75, 3.05) is 11.9 Å². The van der Waals surface area contributed by atoms with Crippen LogP contribution in [0, 0.1) is 5.82 Å². The van der Waals surface area contributed by atoms with Gasteiger partial charge in [-0.05, 0) is 30.2 Å². The van der Waals surface area contributed by atoms with Gasteiger partial charge in [-0.25, -0.2) is 4.39 Å². The maximum absolute atomic E-state index is 13.5. The molecule has 6 heteroatoms. The summed E-state index contributed by atoms with van der Waals surface area (Å²) in [5, 5.41) is 5.40. The van der Waals surface area contributed by atoms with Crippen LogP contribution in [0.15, 0.2) is 48.5 Å². The smallest absolute Gasteiger partial charge is 0.266 e. The first-order valence-electron chi connectivity index (χ1n) is 7.70. The van der Waals surface area contributed by atoms with E-state index in [9.17, 15) is 14.0 Å². The summed E-state index contributed by atoms with van der Waals surface area (Å²) < 4.78 is 19.1. The molecule has 0 saturated heterocycles. The van der Waals surface area contributed by atoms with Gasteiger partial charge in [0.2, 0.25) is 5.91 Å². The van der Waals surface area contributed by atoms with Crippen LogP contribution in [0.4, 0.5) is 10.1 Å². The zero-order valence-electron chi connectivity index (χ0n) is 12.9. The second kappa shape index (κ2) is 7.12. The van der Waals surface area contributed by atoms with Gasteiger partial charge in [-0.3, -0.25) is 9.59 Å². The molecule has 0 fully saturated rings. The number of carbonyl (C=O) groups is 2. The highest BCUT2D eigenvalue weighted by Crippen LogP contribution is 2.29. The number of benzene rings is 2. The van der Waals surface area contributed by atoms with Crippen LogP contribution >= 0.6 is 0 Å². The van der Waals surface area contributed by atoms with Crippen molar-refractivity contribution in [3.05, 3.63) is 59.9 Å². The third kappa shape index (κ3) is 3.71. The number of carbonyl (C=O) groups excluding carboxylic acids is 2. The average molecular weight is 328 g/mol. The Morgan fingerprint density at radius 1 is 1.17 bits per heavy atom. The Kier molecular flexibility index (Phi) is 4.74. The number of ether oxygens (including phenoxy) is 1. The van der Waals surface area contributed by atoms with Crippen molar-refractivity contribution in [1.82, 2.24) is 5.32 Å². The van der Waals surface area contributed by atoms with Crippen LogP contribution in [0.5, 0.6) is 5.75 Å². The zero-order chi connectivity index (χ0) is 16.9. The van der Waals surface area contributed by atoms with E-state index in [0.29, 0.717) is 30.0 Å². The number of halogens is 1. The summed E-state index contributed by atoms with van der Waals surface area (Å²) in [5.41, 5.74) is 1.14. The number of para-hydroxylation sites is 2. The molecule has 2 aromatic rings. The molecule has 0 radical (unpaired) electrons. The van der Waals surface area contributed by atoms with Gasteiger partial charge in [-0.15, -0.1) is 0 Å². The number of rotatable bonds is 5. The first-order valence-corrected chi connectivity index (χ1v) is 7.70. The Morgan fingerprint density at radius 3 is 2.75 bits per heavy atom. The monoisotopic (exact) mass is 328 g/mol. The van der Waals surface area contributed by atoms with Gasteiger partial charge in [0.25, 0.3) is 5.91 Å². The van der Waals surface area contributed by atoms with Crippen LogP contribution in [0.3, 0.4) is 0 Å². The number of amides is 2. The molecule has 5 nitrogen and oxygen atoms in total. The van der Waals surface area contributed by atoms with Gasteiger partial charge in [0.05, 0.1) is 12.1 Å². The molecule has 2 N–H and O–H groups in total. The summed E-state index contributed by atoms with van der Waals surface area (Å²) in [6.45, 7) is 0.296. The number of nitrogens with one attached hydrogen (secondary N) is 2. The van der Waals surface area contributed by atoms with Crippen molar-refractivity contribution in [2.45, 2.75) is 18.9 Å². The van der Waals surface area contributed by atoms with Gasteiger partial charge in [0, 0.05) is 6.54 Å². The maximum atomic E-state index is 13.5. The van der Waals surface area contributed by atoms with Crippen molar-refractivity contribution in [2.24, 2.45) is 0 Å². The molecule has 1 heterocycles. The van der Waals surface area contributed by atoms with Gasteiger partial charge in [0.15, 0.2) is 6.10 Å². The largest absolute Gasteiger partial charge is 0.478 e. The summed E-state index contributed by atoms with van der Waals surface area (Å²) in [5.74, 6) is -0.413. The summed E-state index contributed by atoms with van der Waals surface area (Å²) in [4.78, 5) is 23.9. The average Bonchev–Trinajstić information content (AvgIpc) is 2.57. The van der Waals surface area contributed by atoms with Crippen molar-refractivity contribution in [3.63, 3.8) is 0 Å². The lowest BCUT2D eigenvalue weighted by molar-refractivity contribution is -0.130. The van der Waals surface area contributed by atoms with Gasteiger partial charge >= 0.3 is 0 Å². The summed E-state index contributed by atoms with van der Waals surface area (Å²) in [7, 11) is 0. The van der Waals surface area contributed by atoms with Crippen LogP contribution in [-0.2, 0) is 16.0 Å². The van der Waals surface area contributed by atoms with Crippen LogP contribution in [-0.4, -0.2) is 24.5 Å². The SMILES string of the molecule is O=C(C[C@H]1Oc2ccccc2NC1=O)NCCc1ccccc1F. The molecule has 3 rings (SSSR count). The number of hydrogen-bond acceptors (Lipinski definition) is 3. The highest BCUT2D eigenvalue weighted by Gasteiger charge is 2.29. The first-order chi connectivity index (χ1) is 11.6. The standard InChI is InChI=1S/C18H17FN2O3/c19-13-6-2-1-5-12(13)9-10-20-17(22)11-16-18(23)21-14-7-3-4-8-15(14)24-16/h1-8,16H,9-11H2,(H,20,22)(H,21,23)/t16-/m1/s1. The molecule has 1 aliphatic heterocycles. The highest BCUT2D eigenvalue weighted by molar-refractivity contribution is 5.99. The third-order valence-electron chi connectivity index (χ3n) is 3.75. The number of fused-ring (bicyclic) bond motifs is 1. The molecule has 0 aliphatic carbocycles. The minimum absolute atomic E-state index is 0.0859. The molecular formula is C18H17FN2O3. The normalized spacial score (nSPS) is 15.9. The minimum Gasteiger partial charge on any atom is -0.478 e. The number of anilines is 1. The van der Waals surface area contributed by atoms with Gasteiger partial charge in [0.1, 0.15) is 11.6 Å². The first kappa shape index (κ1) is 16.0. The Hall–Kier alpha value is -2.89. The topological polar surface area (TPSA) is 67.4 Å². The van der Waals surface area contributed by atoms with Crippen molar-refractivity contribution in [3.8, 4) is 5.75 Å². The molecular weight excluding hydrogens is 311 g/mol. The fourth-order valence-electron chi connectivity index (χ4n) is 2.51. The molecule has 2 aromatic carbocycles. The predicted molar refractivity (Wildman–Crippen MR) is 87.2 cm³/mol. The Labute approximate surface area is 138 Å². The molecule has 24 heavy (non-hydrogen) atoms. The summed E-state index contributed by atoms with van der Waals surface area (Å²) in [6, 6.07) is 13.5. The Bertz CT molecular complexity index is 763. The van der Waals surface area contributed by atoms with E-state index in [-0.39, 0.29) is 24.1 Å². The molecule has 124 valence electrons. The van der Waals surface area contributed by atoms with Crippen molar-refractivity contribution in [1.29, 1.82) is 0 Å². The second-order valence-electron chi connectivity index (χ2n) is 5.49. The summed E-state index contributed by atoms with van der Waals surface area (Å²) >= 11 is 0. The van der Waals surface area contributed by atoms with E-state index in [0.717, 1.165) is 0 Å². The van der Waals surface area contributed by atoms with Crippen LogP contribution in [0.1, 0.15) is 12.0 Å². The quantitative estimate of drug-likeness (QED) is 0.885. The maximum Gasteiger partial charge on any atom is 0.266 e. The lowest BCUT2D eigenvalue weighted by Crippen LogP contribution is -2.41. The number of hydrogen-bond donors (Lipinski definition) is 2. The molecule has 0 aromatic heterocycles. The zero-order valence-corrected chi connectivity index (χ0v) is 12.9. The van der Waals surface area contributed by atoms with Crippen molar-refractivity contribution < 1.29 is 18.7 Å². The van der Waals surface area contributed by atoms with E-state index in [1.165, 1.54) is 6.07 Å². The molecule has 1 atom stereocenters. The predicted octanol–water partition coefficient (Wildman–Crippen LogP) is 2.27. The lowest BCUT2D eigenvalue weighted by Gasteiger charge is -2.25. The molecule has 0 spiro atoms. The van der Waals surface area contributed by atoms with E-state index in [1.54, 1.807) is 42.5 Å². The third-order valence-corrected chi connectivity index (χ3v) is 3.75. The lowest BCUT2D eigenvalue weighted by atomic mass is 10.1. The van der Waals surface area contributed by atoms with Crippen LogP contribution in [0.25, 0.3) is 0 Å². The fourth-order valence-corrected chi connectivity index (χ4v) is 2.51. The molecule has 0 unspecified atom stereocenters. The summed E-state index contributed by atoms with van der Waals surface area (Å²) in [6.07, 6.45) is -0.565.